The summed E-state index contributed by atoms with van der Waals surface area (Å²) in [6, 6.07) is 5.28. The molecule has 0 saturated heterocycles. The summed E-state index contributed by atoms with van der Waals surface area (Å²) in [5.41, 5.74) is 13.9. The van der Waals surface area contributed by atoms with Gasteiger partial charge in [0.25, 0.3) is 0 Å². The highest BCUT2D eigenvalue weighted by molar-refractivity contribution is 5.45. The summed E-state index contributed by atoms with van der Waals surface area (Å²) in [6.45, 7) is 3.90. The number of hydrogen-bond donors (Lipinski definition) is 3. The van der Waals surface area contributed by atoms with Gasteiger partial charge >= 0.3 is 0 Å². The molecule has 0 radical (unpaired) electrons. The van der Waals surface area contributed by atoms with Gasteiger partial charge in [0.1, 0.15) is 0 Å². The zero-order valence-corrected chi connectivity index (χ0v) is 8.70. The molecule has 0 heterocycles. The number of anilines is 1. The third-order valence-corrected chi connectivity index (χ3v) is 2.50. The average Bonchev–Trinajstić information content (AvgIpc) is 2.19. The normalized spacial score (nSPS) is 15.1. The number of benzene rings is 1. The maximum Gasteiger partial charge on any atom is 0.0944 e. The summed E-state index contributed by atoms with van der Waals surface area (Å²) >= 11 is 0. The highest BCUT2D eigenvalue weighted by Gasteiger charge is 2.16. The van der Waals surface area contributed by atoms with E-state index >= 15 is 0 Å². The van der Waals surface area contributed by atoms with E-state index < -0.39 is 6.10 Å². The highest BCUT2D eigenvalue weighted by Crippen LogP contribution is 2.23. The van der Waals surface area contributed by atoms with E-state index in [-0.39, 0.29) is 6.04 Å². The summed E-state index contributed by atoms with van der Waals surface area (Å²) in [5.74, 6) is 0. The lowest BCUT2D eigenvalue weighted by Gasteiger charge is -2.19. The van der Waals surface area contributed by atoms with Gasteiger partial charge in [0, 0.05) is 11.7 Å². The first-order valence-corrected chi connectivity index (χ1v) is 4.86. The average molecular weight is 194 g/mol. The molecule has 0 aliphatic heterocycles. The number of aliphatic hydroxyl groups is 1. The maximum absolute atomic E-state index is 9.91. The van der Waals surface area contributed by atoms with Crippen LogP contribution in [-0.2, 0) is 0 Å². The van der Waals surface area contributed by atoms with Gasteiger partial charge < -0.3 is 16.6 Å². The summed E-state index contributed by atoms with van der Waals surface area (Å²) in [7, 11) is 0. The summed E-state index contributed by atoms with van der Waals surface area (Å²) in [6.07, 6.45) is 0.124. The van der Waals surface area contributed by atoms with Crippen LogP contribution in [0.2, 0.25) is 0 Å². The first kappa shape index (κ1) is 11.0. The quantitative estimate of drug-likeness (QED) is 0.636. The first-order chi connectivity index (χ1) is 6.56. The Labute approximate surface area is 84.7 Å². The van der Waals surface area contributed by atoms with Crippen LogP contribution in [0.3, 0.4) is 0 Å². The molecule has 0 saturated carbocycles. The Morgan fingerprint density at radius 1 is 1.43 bits per heavy atom. The molecule has 2 atom stereocenters. The van der Waals surface area contributed by atoms with Crippen molar-refractivity contribution in [2.45, 2.75) is 32.4 Å². The first-order valence-electron chi connectivity index (χ1n) is 4.86. The minimum Gasteiger partial charge on any atom is -0.399 e. The van der Waals surface area contributed by atoms with Crippen LogP contribution in [0.4, 0.5) is 5.69 Å². The molecular weight excluding hydrogens is 176 g/mol. The fourth-order valence-electron chi connectivity index (χ4n) is 1.43. The maximum atomic E-state index is 9.91. The van der Waals surface area contributed by atoms with Crippen LogP contribution in [0.1, 0.15) is 30.6 Å². The number of nitrogen functional groups attached to an aromatic ring is 1. The zero-order chi connectivity index (χ0) is 10.7. The number of aryl methyl sites for hydroxylation is 1. The second-order valence-corrected chi connectivity index (χ2v) is 3.63. The molecule has 0 amide bonds. The van der Waals surface area contributed by atoms with E-state index in [0.29, 0.717) is 5.69 Å². The minimum atomic E-state index is -0.622. The van der Waals surface area contributed by atoms with Crippen molar-refractivity contribution in [3.05, 3.63) is 29.3 Å². The van der Waals surface area contributed by atoms with Gasteiger partial charge in [-0.1, -0.05) is 13.0 Å². The molecule has 0 aliphatic rings. The van der Waals surface area contributed by atoms with Crippen molar-refractivity contribution in [2.24, 2.45) is 5.73 Å². The van der Waals surface area contributed by atoms with Crippen LogP contribution in [0.25, 0.3) is 0 Å². The summed E-state index contributed by atoms with van der Waals surface area (Å²) in [5, 5.41) is 9.91. The van der Waals surface area contributed by atoms with Gasteiger partial charge in [0.05, 0.1) is 6.10 Å². The molecule has 3 heteroatoms. The van der Waals surface area contributed by atoms with Crippen LogP contribution in [0.5, 0.6) is 0 Å². The topological polar surface area (TPSA) is 72.3 Å². The molecule has 14 heavy (non-hydrogen) atoms. The number of nitrogens with two attached hydrogens (primary N) is 2. The molecule has 3 nitrogen and oxygen atoms in total. The standard InChI is InChI=1S/C11H18N2O/c1-3-10(13)11(14)9-6-8(12)5-4-7(9)2/h4-6,10-11,14H,3,12-13H2,1-2H3/t10-,11+/m0/s1. The molecule has 0 aromatic heterocycles. The van der Waals surface area contributed by atoms with Gasteiger partial charge in [-0.2, -0.15) is 0 Å². The molecule has 0 aliphatic carbocycles. The van der Waals surface area contributed by atoms with Gasteiger partial charge in [-0.15, -0.1) is 0 Å². The Kier molecular flexibility index (Phi) is 3.49. The molecule has 0 bridgehead atoms. The van der Waals surface area contributed by atoms with Crippen molar-refractivity contribution in [3.8, 4) is 0 Å². The Morgan fingerprint density at radius 3 is 2.64 bits per heavy atom. The SMILES string of the molecule is CC[C@H](N)[C@H](O)c1cc(N)ccc1C. The van der Waals surface area contributed by atoms with Crippen LogP contribution >= 0.6 is 0 Å². The van der Waals surface area contributed by atoms with Crippen LogP contribution in [-0.4, -0.2) is 11.1 Å². The van der Waals surface area contributed by atoms with Crippen molar-refractivity contribution in [2.75, 3.05) is 5.73 Å². The summed E-state index contributed by atoms with van der Waals surface area (Å²) in [4.78, 5) is 0. The van der Waals surface area contributed by atoms with Crippen molar-refractivity contribution >= 4 is 5.69 Å². The van der Waals surface area contributed by atoms with E-state index in [4.69, 9.17) is 11.5 Å². The van der Waals surface area contributed by atoms with Crippen molar-refractivity contribution in [3.63, 3.8) is 0 Å². The molecule has 1 aromatic rings. The van der Waals surface area contributed by atoms with Crippen molar-refractivity contribution < 1.29 is 5.11 Å². The Morgan fingerprint density at radius 2 is 2.07 bits per heavy atom. The minimum absolute atomic E-state index is 0.226. The van der Waals surface area contributed by atoms with Gasteiger partial charge in [0.2, 0.25) is 0 Å². The zero-order valence-electron chi connectivity index (χ0n) is 8.70. The fourth-order valence-corrected chi connectivity index (χ4v) is 1.43. The smallest absolute Gasteiger partial charge is 0.0944 e. The molecule has 0 unspecified atom stereocenters. The van der Waals surface area contributed by atoms with Gasteiger partial charge in [-0.25, -0.2) is 0 Å². The molecule has 0 spiro atoms. The fraction of sp³-hybridized carbons (Fsp3) is 0.455. The number of hydrogen-bond acceptors (Lipinski definition) is 3. The second-order valence-electron chi connectivity index (χ2n) is 3.63. The number of aliphatic hydroxyl groups excluding tert-OH is 1. The lowest BCUT2D eigenvalue weighted by molar-refractivity contribution is 0.144. The molecular formula is C11H18N2O. The lowest BCUT2D eigenvalue weighted by Crippen LogP contribution is -2.27. The molecule has 0 fully saturated rings. The molecule has 78 valence electrons. The van der Waals surface area contributed by atoms with Crippen LogP contribution in [0, 0.1) is 6.92 Å². The number of rotatable bonds is 3. The van der Waals surface area contributed by atoms with E-state index in [1.54, 1.807) is 6.07 Å². The van der Waals surface area contributed by atoms with Gasteiger partial charge in [0.15, 0.2) is 0 Å². The van der Waals surface area contributed by atoms with Gasteiger partial charge in [-0.3, -0.25) is 0 Å². The Hall–Kier alpha value is -1.06. The largest absolute Gasteiger partial charge is 0.399 e. The van der Waals surface area contributed by atoms with Crippen molar-refractivity contribution in [1.29, 1.82) is 0 Å². The molecule has 1 rings (SSSR count). The van der Waals surface area contributed by atoms with E-state index in [1.807, 2.05) is 26.0 Å². The third-order valence-electron chi connectivity index (χ3n) is 2.50. The van der Waals surface area contributed by atoms with Crippen molar-refractivity contribution in [1.82, 2.24) is 0 Å². The highest BCUT2D eigenvalue weighted by atomic mass is 16.3. The van der Waals surface area contributed by atoms with E-state index in [9.17, 15) is 5.11 Å². The predicted octanol–water partition coefficient (Wildman–Crippen LogP) is 1.35. The van der Waals surface area contributed by atoms with Crippen LogP contribution in [0.15, 0.2) is 18.2 Å². The van der Waals surface area contributed by atoms with E-state index in [1.165, 1.54) is 0 Å². The Balaban J connectivity index is 2.99. The van der Waals surface area contributed by atoms with Crippen LogP contribution < -0.4 is 11.5 Å². The molecule has 1 aromatic carbocycles. The monoisotopic (exact) mass is 194 g/mol. The van der Waals surface area contributed by atoms with Gasteiger partial charge in [-0.05, 0) is 36.6 Å². The lowest BCUT2D eigenvalue weighted by atomic mass is 9.96. The van der Waals surface area contributed by atoms with E-state index in [0.717, 1.165) is 17.5 Å². The Bertz CT molecular complexity index is 312. The second kappa shape index (κ2) is 4.44. The predicted molar refractivity (Wildman–Crippen MR) is 58.8 cm³/mol. The van der Waals surface area contributed by atoms with E-state index in [2.05, 4.69) is 0 Å². The molecule has 5 N–H and O–H groups in total. The third kappa shape index (κ3) is 2.25. The summed E-state index contributed by atoms with van der Waals surface area (Å²) < 4.78 is 0.